The van der Waals surface area contributed by atoms with Crippen LogP contribution in [0.1, 0.15) is 16.8 Å². The Morgan fingerprint density at radius 2 is 1.65 bits per heavy atom. The molecule has 2 heteroatoms. The highest BCUT2D eigenvalue weighted by Gasteiger charge is 1.94. The number of nitrogens with zero attached hydrogens (tertiary/aromatic N) is 1. The number of hydrogen-bond acceptors (Lipinski definition) is 1. The van der Waals surface area contributed by atoms with Gasteiger partial charge in [0.15, 0.2) is 0 Å². The van der Waals surface area contributed by atoms with Crippen molar-refractivity contribution in [2.45, 2.75) is 6.92 Å². The lowest BCUT2D eigenvalue weighted by Gasteiger charge is -2.11. The Labute approximate surface area is 103 Å². The third-order valence-electron chi connectivity index (χ3n) is 2.73. The van der Waals surface area contributed by atoms with Crippen molar-refractivity contribution < 1.29 is 0 Å². The summed E-state index contributed by atoms with van der Waals surface area (Å²) in [5, 5.41) is 0. The van der Waals surface area contributed by atoms with Gasteiger partial charge < -0.3 is 9.88 Å². The van der Waals surface area contributed by atoms with E-state index in [0.29, 0.717) is 0 Å². The van der Waals surface area contributed by atoms with E-state index in [1.807, 2.05) is 20.3 Å². The lowest BCUT2D eigenvalue weighted by molar-refractivity contribution is 1.13. The molecule has 1 aromatic carbocycles. The summed E-state index contributed by atoms with van der Waals surface area (Å²) in [6.45, 7) is 2.06. The van der Waals surface area contributed by atoms with E-state index in [2.05, 4.69) is 59.3 Å². The highest BCUT2D eigenvalue weighted by Crippen LogP contribution is 2.14. The fourth-order valence-electron chi connectivity index (χ4n) is 1.70. The predicted octanol–water partition coefficient (Wildman–Crippen LogP) is 3.56. The summed E-state index contributed by atoms with van der Waals surface area (Å²) in [6, 6.07) is 10.6. The third-order valence-corrected chi connectivity index (χ3v) is 2.73. The minimum absolute atomic E-state index is 1.19. The molecule has 1 aromatic heterocycles. The van der Waals surface area contributed by atoms with Crippen molar-refractivity contribution >= 4 is 17.8 Å². The van der Waals surface area contributed by atoms with Gasteiger partial charge in [0.25, 0.3) is 0 Å². The van der Waals surface area contributed by atoms with Crippen molar-refractivity contribution in [2.75, 3.05) is 19.0 Å². The zero-order valence-corrected chi connectivity index (χ0v) is 10.6. The number of rotatable bonds is 3. The Morgan fingerprint density at radius 3 is 2.18 bits per heavy atom. The summed E-state index contributed by atoms with van der Waals surface area (Å²) in [5.74, 6) is 0. The molecule has 0 aliphatic carbocycles. The first kappa shape index (κ1) is 11.5. The summed E-state index contributed by atoms with van der Waals surface area (Å²) in [4.78, 5) is 5.27. The van der Waals surface area contributed by atoms with Crippen LogP contribution in [0.2, 0.25) is 0 Å². The predicted molar refractivity (Wildman–Crippen MR) is 75.2 cm³/mol. The number of aryl methyl sites for hydroxylation is 1. The molecule has 0 fully saturated rings. The second kappa shape index (κ2) is 4.91. The van der Waals surface area contributed by atoms with Gasteiger partial charge in [0, 0.05) is 31.7 Å². The highest BCUT2D eigenvalue weighted by atomic mass is 15.1. The first-order valence-corrected chi connectivity index (χ1v) is 5.75. The molecule has 2 nitrogen and oxygen atoms in total. The smallest absolute Gasteiger partial charge is 0.0361 e. The topological polar surface area (TPSA) is 19.0 Å². The zero-order chi connectivity index (χ0) is 12.3. The van der Waals surface area contributed by atoms with E-state index in [1.54, 1.807) is 0 Å². The van der Waals surface area contributed by atoms with E-state index in [1.165, 1.54) is 22.5 Å². The molecule has 0 aliphatic heterocycles. The van der Waals surface area contributed by atoms with E-state index < -0.39 is 0 Å². The van der Waals surface area contributed by atoms with Gasteiger partial charge in [-0.2, -0.15) is 0 Å². The van der Waals surface area contributed by atoms with Gasteiger partial charge in [-0.25, -0.2) is 0 Å². The molecule has 0 bridgehead atoms. The van der Waals surface area contributed by atoms with E-state index in [0.717, 1.165) is 0 Å². The monoisotopic (exact) mass is 226 g/mol. The molecule has 0 saturated carbocycles. The molecule has 88 valence electrons. The van der Waals surface area contributed by atoms with Gasteiger partial charge in [0.1, 0.15) is 0 Å². The van der Waals surface area contributed by atoms with Crippen LogP contribution in [0.5, 0.6) is 0 Å². The number of nitrogens with one attached hydrogen (secondary N) is 1. The number of H-pyrrole nitrogens is 1. The number of aromatic amines is 1. The average molecular weight is 226 g/mol. The van der Waals surface area contributed by atoms with Crippen molar-refractivity contribution in [2.24, 2.45) is 0 Å². The van der Waals surface area contributed by atoms with Gasteiger partial charge in [0.05, 0.1) is 0 Å². The first-order valence-electron chi connectivity index (χ1n) is 5.75. The quantitative estimate of drug-likeness (QED) is 0.847. The Hall–Kier alpha value is -1.96. The Bertz CT molecular complexity index is 504. The zero-order valence-electron chi connectivity index (χ0n) is 10.6. The van der Waals surface area contributed by atoms with Crippen LogP contribution in [0.25, 0.3) is 12.2 Å². The van der Waals surface area contributed by atoms with Crippen molar-refractivity contribution in [3.8, 4) is 0 Å². The van der Waals surface area contributed by atoms with Gasteiger partial charge in [0.2, 0.25) is 0 Å². The van der Waals surface area contributed by atoms with E-state index in [9.17, 15) is 0 Å². The SMILES string of the molecule is Cc1cc(C=Cc2ccc(N(C)C)cc2)c[nH]1. The lowest BCUT2D eigenvalue weighted by atomic mass is 10.1. The number of aromatic nitrogens is 1. The second-order valence-corrected chi connectivity index (χ2v) is 4.44. The second-order valence-electron chi connectivity index (χ2n) is 4.44. The summed E-state index contributed by atoms with van der Waals surface area (Å²) in [7, 11) is 4.10. The van der Waals surface area contributed by atoms with Gasteiger partial charge in [-0.15, -0.1) is 0 Å². The number of hydrogen-bond donors (Lipinski definition) is 1. The van der Waals surface area contributed by atoms with Crippen LogP contribution in [0.3, 0.4) is 0 Å². The van der Waals surface area contributed by atoms with Crippen LogP contribution < -0.4 is 4.90 Å². The van der Waals surface area contributed by atoms with Gasteiger partial charge >= 0.3 is 0 Å². The maximum Gasteiger partial charge on any atom is 0.0361 e. The van der Waals surface area contributed by atoms with Crippen LogP contribution >= 0.6 is 0 Å². The maximum absolute atomic E-state index is 3.17. The standard InChI is InChI=1S/C15H18N2/c1-12-10-14(11-16-12)5-4-13-6-8-15(9-7-13)17(2)3/h4-11,16H,1-3H3. The third kappa shape index (κ3) is 3.00. The molecule has 0 spiro atoms. The molecule has 17 heavy (non-hydrogen) atoms. The Morgan fingerprint density at radius 1 is 1.00 bits per heavy atom. The molecular formula is C15H18N2. The molecule has 0 atom stereocenters. The molecule has 2 rings (SSSR count). The summed E-state index contributed by atoms with van der Waals surface area (Å²) in [5.41, 5.74) is 4.83. The van der Waals surface area contributed by atoms with Crippen molar-refractivity contribution in [1.82, 2.24) is 4.98 Å². The fourth-order valence-corrected chi connectivity index (χ4v) is 1.70. The molecule has 0 saturated heterocycles. The van der Waals surface area contributed by atoms with Crippen molar-refractivity contribution in [1.29, 1.82) is 0 Å². The minimum Gasteiger partial charge on any atom is -0.378 e. The molecule has 1 N–H and O–H groups in total. The minimum atomic E-state index is 1.19. The molecular weight excluding hydrogens is 208 g/mol. The van der Waals surface area contributed by atoms with Crippen LogP contribution in [0, 0.1) is 6.92 Å². The van der Waals surface area contributed by atoms with E-state index in [4.69, 9.17) is 0 Å². The van der Waals surface area contributed by atoms with E-state index in [-0.39, 0.29) is 0 Å². The normalized spacial score (nSPS) is 11.0. The number of anilines is 1. The van der Waals surface area contributed by atoms with E-state index >= 15 is 0 Å². The van der Waals surface area contributed by atoms with Gasteiger partial charge in [-0.1, -0.05) is 24.3 Å². The van der Waals surface area contributed by atoms with Gasteiger partial charge in [-0.3, -0.25) is 0 Å². The van der Waals surface area contributed by atoms with Crippen LogP contribution in [-0.2, 0) is 0 Å². The van der Waals surface area contributed by atoms with Crippen LogP contribution in [0.15, 0.2) is 36.5 Å². The molecule has 0 aliphatic rings. The number of benzene rings is 1. The fraction of sp³-hybridized carbons (Fsp3) is 0.200. The maximum atomic E-state index is 3.17. The summed E-state index contributed by atoms with van der Waals surface area (Å²) < 4.78 is 0. The summed E-state index contributed by atoms with van der Waals surface area (Å²) in [6.07, 6.45) is 6.26. The summed E-state index contributed by atoms with van der Waals surface area (Å²) >= 11 is 0. The average Bonchev–Trinajstić information content (AvgIpc) is 2.73. The highest BCUT2D eigenvalue weighted by molar-refractivity contribution is 5.70. The molecule has 2 aromatic rings. The lowest BCUT2D eigenvalue weighted by Crippen LogP contribution is -2.07. The van der Waals surface area contributed by atoms with Crippen LogP contribution in [-0.4, -0.2) is 19.1 Å². The molecule has 0 radical (unpaired) electrons. The van der Waals surface area contributed by atoms with Gasteiger partial charge in [-0.05, 0) is 36.2 Å². The Kier molecular flexibility index (Phi) is 3.33. The largest absolute Gasteiger partial charge is 0.378 e. The Balaban J connectivity index is 2.11. The molecule has 0 amide bonds. The van der Waals surface area contributed by atoms with Crippen LogP contribution in [0.4, 0.5) is 5.69 Å². The van der Waals surface area contributed by atoms with Crippen molar-refractivity contribution in [3.63, 3.8) is 0 Å². The molecule has 0 unspecified atom stereocenters. The van der Waals surface area contributed by atoms with Crippen molar-refractivity contribution in [3.05, 3.63) is 53.3 Å². The first-order chi connectivity index (χ1) is 8.15. The molecule has 1 heterocycles.